The second kappa shape index (κ2) is 6.91. The van der Waals surface area contributed by atoms with E-state index in [9.17, 15) is 4.79 Å². The number of ether oxygens (including phenoxy) is 1. The van der Waals surface area contributed by atoms with Gasteiger partial charge in [-0.15, -0.1) is 0 Å². The number of nitrogen functional groups attached to an aromatic ring is 1. The second-order valence-corrected chi connectivity index (χ2v) is 8.68. The van der Waals surface area contributed by atoms with Gasteiger partial charge < -0.3 is 15.8 Å². The summed E-state index contributed by atoms with van der Waals surface area (Å²) < 4.78 is 5.09. The van der Waals surface area contributed by atoms with Gasteiger partial charge in [0.05, 0.1) is 23.5 Å². The van der Waals surface area contributed by atoms with Crippen molar-refractivity contribution in [2.24, 2.45) is 0 Å². The first-order valence-corrected chi connectivity index (χ1v) is 9.63. The second-order valence-electron chi connectivity index (χ2n) is 8.68. The maximum atomic E-state index is 12.0. The summed E-state index contributed by atoms with van der Waals surface area (Å²) in [4.78, 5) is 12.0. The van der Waals surface area contributed by atoms with Gasteiger partial charge in [-0.1, -0.05) is 33.8 Å². The van der Waals surface area contributed by atoms with Gasteiger partial charge in [0.2, 0.25) is 0 Å². The normalized spacial score (nSPS) is 17.1. The standard InChI is InChI=1S/C23H30N2O2/c1-6-27-21(26)15-7-10-19(24)20(13-15)25-16-8-9-17-18(14-16)23(4,5)12-11-22(17,2)3/h7-10,13-14,25H,6,11-12,24H2,1-5H3. The van der Waals surface area contributed by atoms with Crippen LogP contribution in [0, 0.1) is 0 Å². The average molecular weight is 367 g/mol. The Morgan fingerprint density at radius 1 is 1.04 bits per heavy atom. The van der Waals surface area contributed by atoms with E-state index in [4.69, 9.17) is 10.5 Å². The van der Waals surface area contributed by atoms with E-state index in [1.54, 1.807) is 25.1 Å². The van der Waals surface area contributed by atoms with Gasteiger partial charge in [-0.3, -0.25) is 0 Å². The van der Waals surface area contributed by atoms with Crippen LogP contribution in [0.25, 0.3) is 0 Å². The molecule has 0 spiro atoms. The number of carbonyl (C=O) groups excluding carboxylic acids is 1. The molecule has 144 valence electrons. The minimum atomic E-state index is -0.339. The molecule has 0 saturated carbocycles. The molecule has 0 aromatic heterocycles. The highest BCUT2D eigenvalue weighted by atomic mass is 16.5. The molecule has 0 fully saturated rings. The molecule has 0 amide bonds. The lowest BCUT2D eigenvalue weighted by molar-refractivity contribution is 0.0526. The zero-order chi connectivity index (χ0) is 19.8. The van der Waals surface area contributed by atoms with Crippen LogP contribution >= 0.6 is 0 Å². The Hall–Kier alpha value is -2.49. The van der Waals surface area contributed by atoms with Crippen LogP contribution in [0.2, 0.25) is 0 Å². The summed E-state index contributed by atoms with van der Waals surface area (Å²) >= 11 is 0. The fourth-order valence-corrected chi connectivity index (χ4v) is 3.83. The average Bonchev–Trinajstić information content (AvgIpc) is 2.61. The molecular weight excluding hydrogens is 336 g/mol. The number of nitrogens with one attached hydrogen (secondary N) is 1. The van der Waals surface area contributed by atoms with Gasteiger partial charge in [0.1, 0.15) is 0 Å². The molecule has 27 heavy (non-hydrogen) atoms. The van der Waals surface area contributed by atoms with Crippen LogP contribution in [0.4, 0.5) is 17.1 Å². The zero-order valence-electron chi connectivity index (χ0n) is 17.0. The van der Waals surface area contributed by atoms with Crippen LogP contribution in [-0.4, -0.2) is 12.6 Å². The van der Waals surface area contributed by atoms with Gasteiger partial charge in [0.25, 0.3) is 0 Å². The van der Waals surface area contributed by atoms with Gasteiger partial charge in [-0.25, -0.2) is 4.79 Å². The molecule has 4 nitrogen and oxygen atoms in total. The SMILES string of the molecule is CCOC(=O)c1ccc(N)c(Nc2ccc3c(c2)C(C)(C)CCC3(C)C)c1. The fourth-order valence-electron chi connectivity index (χ4n) is 3.83. The summed E-state index contributed by atoms with van der Waals surface area (Å²) in [5, 5.41) is 3.39. The molecule has 3 rings (SSSR count). The van der Waals surface area contributed by atoms with E-state index in [-0.39, 0.29) is 16.8 Å². The number of nitrogens with two attached hydrogens (primary N) is 1. The predicted octanol–water partition coefficient (Wildman–Crippen LogP) is 5.54. The van der Waals surface area contributed by atoms with E-state index < -0.39 is 0 Å². The van der Waals surface area contributed by atoms with Crippen LogP contribution in [0.3, 0.4) is 0 Å². The first-order chi connectivity index (χ1) is 12.6. The third kappa shape index (κ3) is 3.80. The first kappa shape index (κ1) is 19.3. The largest absolute Gasteiger partial charge is 0.462 e. The van der Waals surface area contributed by atoms with E-state index in [1.165, 1.54) is 17.5 Å². The summed E-state index contributed by atoms with van der Waals surface area (Å²) in [5.41, 5.74) is 12.0. The van der Waals surface area contributed by atoms with Gasteiger partial charge in [-0.2, -0.15) is 0 Å². The number of hydrogen-bond donors (Lipinski definition) is 2. The number of esters is 1. The molecule has 0 atom stereocenters. The monoisotopic (exact) mass is 366 g/mol. The van der Waals surface area contributed by atoms with Crippen LogP contribution in [0.1, 0.15) is 68.9 Å². The lowest BCUT2D eigenvalue weighted by Crippen LogP contribution is -2.33. The van der Waals surface area contributed by atoms with Gasteiger partial charge in [-0.05, 0) is 72.1 Å². The van der Waals surface area contributed by atoms with Gasteiger partial charge in [0.15, 0.2) is 0 Å². The van der Waals surface area contributed by atoms with Crippen molar-refractivity contribution in [2.45, 2.75) is 58.3 Å². The molecule has 2 aromatic rings. The van der Waals surface area contributed by atoms with Crippen LogP contribution in [-0.2, 0) is 15.6 Å². The quantitative estimate of drug-likeness (QED) is 0.551. The third-order valence-electron chi connectivity index (χ3n) is 5.70. The molecule has 0 unspecified atom stereocenters. The molecule has 3 N–H and O–H groups in total. The van der Waals surface area contributed by atoms with Crippen molar-refractivity contribution in [3.63, 3.8) is 0 Å². The summed E-state index contributed by atoms with van der Waals surface area (Å²) in [7, 11) is 0. The van der Waals surface area contributed by atoms with Gasteiger partial charge in [0, 0.05) is 5.69 Å². The molecule has 4 heteroatoms. The Labute approximate surface area is 162 Å². The van der Waals surface area contributed by atoms with E-state index in [1.807, 2.05) is 0 Å². The molecule has 0 radical (unpaired) electrons. The van der Waals surface area contributed by atoms with Crippen molar-refractivity contribution in [2.75, 3.05) is 17.7 Å². The van der Waals surface area contributed by atoms with E-state index in [0.717, 1.165) is 12.1 Å². The first-order valence-electron chi connectivity index (χ1n) is 9.63. The van der Waals surface area contributed by atoms with Crippen molar-refractivity contribution in [1.82, 2.24) is 0 Å². The number of carbonyl (C=O) groups is 1. The predicted molar refractivity (Wildman–Crippen MR) is 112 cm³/mol. The highest BCUT2D eigenvalue weighted by molar-refractivity contribution is 5.92. The number of hydrogen-bond acceptors (Lipinski definition) is 4. The molecule has 2 aromatic carbocycles. The summed E-state index contributed by atoms with van der Waals surface area (Å²) in [5.74, 6) is -0.339. The minimum Gasteiger partial charge on any atom is -0.462 e. The molecule has 1 aliphatic carbocycles. The van der Waals surface area contributed by atoms with E-state index in [0.29, 0.717) is 23.5 Å². The topological polar surface area (TPSA) is 64.3 Å². The number of anilines is 3. The number of rotatable bonds is 4. The molecule has 0 aliphatic heterocycles. The molecule has 0 heterocycles. The Bertz CT molecular complexity index is 869. The fraction of sp³-hybridized carbons (Fsp3) is 0.435. The Balaban J connectivity index is 1.96. The third-order valence-corrected chi connectivity index (χ3v) is 5.70. The van der Waals surface area contributed by atoms with Crippen LogP contribution < -0.4 is 11.1 Å². The van der Waals surface area contributed by atoms with Gasteiger partial charge >= 0.3 is 5.97 Å². The number of fused-ring (bicyclic) bond motifs is 1. The molecular formula is C23H30N2O2. The Kier molecular flexibility index (Phi) is 4.94. The van der Waals surface area contributed by atoms with Crippen molar-refractivity contribution >= 4 is 23.0 Å². The van der Waals surface area contributed by atoms with E-state index >= 15 is 0 Å². The lowest BCUT2D eigenvalue weighted by atomic mass is 9.63. The summed E-state index contributed by atoms with van der Waals surface area (Å²) in [6.45, 7) is 11.4. The summed E-state index contributed by atoms with van der Waals surface area (Å²) in [6.07, 6.45) is 2.35. The maximum absolute atomic E-state index is 12.0. The van der Waals surface area contributed by atoms with Crippen molar-refractivity contribution in [3.8, 4) is 0 Å². The lowest BCUT2D eigenvalue weighted by Gasteiger charge is -2.42. The van der Waals surface area contributed by atoms with E-state index in [2.05, 4.69) is 51.2 Å². The Morgan fingerprint density at radius 3 is 2.37 bits per heavy atom. The smallest absolute Gasteiger partial charge is 0.338 e. The highest BCUT2D eigenvalue weighted by Crippen LogP contribution is 2.46. The molecule has 1 aliphatic rings. The minimum absolute atomic E-state index is 0.140. The van der Waals surface area contributed by atoms with Crippen LogP contribution in [0.15, 0.2) is 36.4 Å². The Morgan fingerprint density at radius 2 is 1.70 bits per heavy atom. The van der Waals surface area contributed by atoms with Crippen molar-refractivity contribution in [1.29, 1.82) is 0 Å². The zero-order valence-corrected chi connectivity index (χ0v) is 17.0. The molecule has 0 saturated heterocycles. The van der Waals surface area contributed by atoms with Crippen molar-refractivity contribution in [3.05, 3.63) is 53.1 Å². The summed E-state index contributed by atoms with van der Waals surface area (Å²) in [6, 6.07) is 11.7. The maximum Gasteiger partial charge on any atom is 0.338 e. The van der Waals surface area contributed by atoms with Crippen molar-refractivity contribution < 1.29 is 9.53 Å². The molecule has 0 bridgehead atoms. The number of benzene rings is 2. The highest BCUT2D eigenvalue weighted by Gasteiger charge is 2.36. The van der Waals surface area contributed by atoms with Crippen LogP contribution in [0.5, 0.6) is 0 Å².